The van der Waals surface area contributed by atoms with Crippen LogP contribution in [0.15, 0.2) is 47.4 Å². The van der Waals surface area contributed by atoms with Crippen molar-refractivity contribution in [3.63, 3.8) is 0 Å². The van der Waals surface area contributed by atoms with Crippen molar-refractivity contribution in [2.45, 2.75) is 17.7 Å². The average Bonchev–Trinajstić information content (AvgIpc) is 3.30. The lowest BCUT2D eigenvalue weighted by Crippen LogP contribution is -2.31. The summed E-state index contributed by atoms with van der Waals surface area (Å²) in [6.45, 7) is 1.58. The number of amides is 1. The summed E-state index contributed by atoms with van der Waals surface area (Å²) in [5.74, 6) is 0.589. The van der Waals surface area contributed by atoms with Crippen LogP contribution in [-0.4, -0.2) is 63.9 Å². The molecule has 7 nitrogen and oxygen atoms in total. The van der Waals surface area contributed by atoms with Gasteiger partial charge in [0.2, 0.25) is 10.0 Å². The third kappa shape index (κ3) is 5.06. The molecule has 9 heteroatoms. The molecule has 0 unspecified atom stereocenters. The Hall–Kier alpha value is -2.29. The third-order valence-electron chi connectivity index (χ3n) is 4.95. The molecule has 1 heterocycles. The zero-order valence-corrected chi connectivity index (χ0v) is 18.6. The molecule has 0 spiro atoms. The fourth-order valence-corrected chi connectivity index (χ4v) is 5.06. The van der Waals surface area contributed by atoms with Crippen LogP contribution in [0.5, 0.6) is 11.5 Å². The molecular weight excluding hydrogens is 428 g/mol. The van der Waals surface area contributed by atoms with Crippen molar-refractivity contribution >= 4 is 27.5 Å². The lowest BCUT2D eigenvalue weighted by molar-refractivity contribution is 0.0773. The topological polar surface area (TPSA) is 76.1 Å². The molecule has 0 saturated carbocycles. The number of rotatable bonds is 8. The molecule has 1 fully saturated rings. The highest BCUT2D eigenvalue weighted by atomic mass is 35.5. The van der Waals surface area contributed by atoms with Crippen LogP contribution in [0, 0.1) is 0 Å². The van der Waals surface area contributed by atoms with Crippen LogP contribution < -0.4 is 9.47 Å². The Balaban J connectivity index is 1.71. The van der Waals surface area contributed by atoms with Gasteiger partial charge in [-0.25, -0.2) is 8.42 Å². The Labute approximate surface area is 182 Å². The van der Waals surface area contributed by atoms with E-state index in [0.717, 1.165) is 12.8 Å². The quantitative estimate of drug-likeness (QED) is 0.614. The van der Waals surface area contributed by atoms with Crippen molar-refractivity contribution in [3.8, 4) is 11.5 Å². The highest BCUT2D eigenvalue weighted by molar-refractivity contribution is 7.89. The summed E-state index contributed by atoms with van der Waals surface area (Å²) in [6.07, 6.45) is 1.66. The second kappa shape index (κ2) is 9.68. The molecule has 0 aliphatic carbocycles. The van der Waals surface area contributed by atoms with Gasteiger partial charge in [-0.15, -0.1) is 0 Å². The Kier molecular flexibility index (Phi) is 7.23. The molecule has 162 valence electrons. The van der Waals surface area contributed by atoms with Gasteiger partial charge in [0.05, 0.1) is 13.7 Å². The number of hydrogen-bond donors (Lipinski definition) is 0. The van der Waals surface area contributed by atoms with Crippen LogP contribution in [-0.2, 0) is 10.0 Å². The van der Waals surface area contributed by atoms with Gasteiger partial charge in [-0.05, 0) is 55.3 Å². The van der Waals surface area contributed by atoms with Crippen LogP contribution in [0.3, 0.4) is 0 Å². The number of likely N-dealkylation sites (N-methyl/N-ethyl adjacent to an activating group) is 1. The summed E-state index contributed by atoms with van der Waals surface area (Å²) in [5, 5.41) is 0.619. The van der Waals surface area contributed by atoms with Gasteiger partial charge in [0, 0.05) is 30.7 Å². The molecule has 0 N–H and O–H groups in total. The van der Waals surface area contributed by atoms with E-state index in [1.165, 1.54) is 28.4 Å². The maximum absolute atomic E-state index is 13.0. The van der Waals surface area contributed by atoms with Crippen molar-refractivity contribution in [3.05, 3.63) is 53.1 Å². The minimum Gasteiger partial charge on any atom is -0.495 e. The molecule has 0 bridgehead atoms. The van der Waals surface area contributed by atoms with Gasteiger partial charge >= 0.3 is 0 Å². The first-order valence-corrected chi connectivity index (χ1v) is 11.5. The van der Waals surface area contributed by atoms with E-state index >= 15 is 0 Å². The SMILES string of the molecule is COc1ccc(C(=O)N(C)CCOc2ccc(Cl)cc2)cc1S(=O)(=O)N1CCCC1. The first-order valence-electron chi connectivity index (χ1n) is 9.65. The van der Waals surface area contributed by atoms with E-state index in [9.17, 15) is 13.2 Å². The number of ether oxygens (including phenoxy) is 2. The standard InChI is InChI=1S/C21H25ClN2O5S/c1-23(13-14-29-18-8-6-17(22)7-9-18)21(25)16-5-10-19(28-2)20(15-16)30(26,27)24-11-3-4-12-24/h5-10,15H,3-4,11-14H2,1-2H3. The minimum absolute atomic E-state index is 0.0172. The zero-order valence-electron chi connectivity index (χ0n) is 17.0. The molecular formula is C21H25ClN2O5S. The molecule has 1 amide bonds. The summed E-state index contributed by atoms with van der Waals surface area (Å²) in [5.41, 5.74) is 0.280. The van der Waals surface area contributed by atoms with Gasteiger partial charge in [-0.2, -0.15) is 4.31 Å². The van der Waals surface area contributed by atoms with Crippen molar-refractivity contribution in [1.82, 2.24) is 9.21 Å². The number of nitrogens with zero attached hydrogens (tertiary/aromatic N) is 2. The van der Waals surface area contributed by atoms with Gasteiger partial charge in [0.15, 0.2) is 0 Å². The first-order chi connectivity index (χ1) is 14.3. The zero-order chi connectivity index (χ0) is 21.7. The number of hydrogen-bond acceptors (Lipinski definition) is 5. The highest BCUT2D eigenvalue weighted by Gasteiger charge is 2.31. The van der Waals surface area contributed by atoms with Crippen molar-refractivity contribution in [2.24, 2.45) is 0 Å². The fourth-order valence-electron chi connectivity index (χ4n) is 3.23. The molecule has 0 aromatic heterocycles. The van der Waals surface area contributed by atoms with E-state index in [2.05, 4.69) is 0 Å². The van der Waals surface area contributed by atoms with Crippen LogP contribution in [0.1, 0.15) is 23.2 Å². The molecule has 0 atom stereocenters. The van der Waals surface area contributed by atoms with Crippen molar-refractivity contribution < 1.29 is 22.7 Å². The maximum atomic E-state index is 13.0. The van der Waals surface area contributed by atoms with E-state index in [4.69, 9.17) is 21.1 Å². The third-order valence-corrected chi connectivity index (χ3v) is 7.12. The van der Waals surface area contributed by atoms with Crippen LogP contribution >= 0.6 is 11.6 Å². The predicted molar refractivity (Wildman–Crippen MR) is 115 cm³/mol. The second-order valence-electron chi connectivity index (χ2n) is 7.01. The number of benzene rings is 2. The summed E-state index contributed by atoms with van der Waals surface area (Å²) in [4.78, 5) is 14.3. The number of methoxy groups -OCH3 is 1. The smallest absolute Gasteiger partial charge is 0.253 e. The molecule has 2 aromatic rings. The largest absolute Gasteiger partial charge is 0.495 e. The van der Waals surface area contributed by atoms with E-state index in [0.29, 0.717) is 37.0 Å². The molecule has 1 aliphatic rings. The molecule has 3 rings (SSSR count). The number of sulfonamides is 1. The van der Waals surface area contributed by atoms with Gasteiger partial charge < -0.3 is 14.4 Å². The number of carbonyl (C=O) groups is 1. The normalized spacial score (nSPS) is 14.5. The van der Waals surface area contributed by atoms with Crippen LogP contribution in [0.4, 0.5) is 0 Å². The van der Waals surface area contributed by atoms with Gasteiger partial charge in [0.25, 0.3) is 5.91 Å². The van der Waals surface area contributed by atoms with E-state index < -0.39 is 10.0 Å². The number of halogens is 1. The van der Waals surface area contributed by atoms with Crippen LogP contribution in [0.25, 0.3) is 0 Å². The van der Waals surface area contributed by atoms with Gasteiger partial charge in [-0.1, -0.05) is 11.6 Å². The first kappa shape index (κ1) is 22.4. The summed E-state index contributed by atoms with van der Waals surface area (Å²) >= 11 is 5.85. The minimum atomic E-state index is -3.72. The van der Waals surface area contributed by atoms with Crippen molar-refractivity contribution in [2.75, 3.05) is 40.4 Å². The summed E-state index contributed by atoms with van der Waals surface area (Å²) in [6, 6.07) is 11.4. The second-order valence-corrected chi connectivity index (χ2v) is 9.35. The van der Waals surface area contributed by atoms with Crippen LogP contribution in [0.2, 0.25) is 5.02 Å². The van der Waals surface area contributed by atoms with E-state index in [-0.39, 0.29) is 22.1 Å². The molecule has 0 radical (unpaired) electrons. The molecule has 1 aliphatic heterocycles. The fraction of sp³-hybridized carbons (Fsp3) is 0.381. The lowest BCUT2D eigenvalue weighted by Gasteiger charge is -2.20. The van der Waals surface area contributed by atoms with Crippen molar-refractivity contribution in [1.29, 1.82) is 0 Å². The lowest BCUT2D eigenvalue weighted by atomic mass is 10.2. The average molecular weight is 453 g/mol. The summed E-state index contributed by atoms with van der Waals surface area (Å²) in [7, 11) is -0.656. The number of carbonyl (C=O) groups excluding carboxylic acids is 1. The van der Waals surface area contributed by atoms with E-state index in [1.807, 2.05) is 0 Å². The predicted octanol–water partition coefficient (Wildman–Crippen LogP) is 3.28. The maximum Gasteiger partial charge on any atom is 0.253 e. The van der Waals surface area contributed by atoms with Gasteiger partial charge in [0.1, 0.15) is 23.0 Å². The Morgan fingerprint density at radius 2 is 1.80 bits per heavy atom. The highest BCUT2D eigenvalue weighted by Crippen LogP contribution is 2.30. The monoisotopic (exact) mass is 452 g/mol. The Morgan fingerprint density at radius 1 is 1.13 bits per heavy atom. The molecule has 1 saturated heterocycles. The molecule has 2 aromatic carbocycles. The van der Waals surface area contributed by atoms with Gasteiger partial charge in [-0.3, -0.25) is 4.79 Å². The Morgan fingerprint density at radius 3 is 2.43 bits per heavy atom. The summed E-state index contributed by atoms with van der Waals surface area (Å²) < 4.78 is 38.3. The molecule has 30 heavy (non-hydrogen) atoms. The Bertz CT molecular complexity index is 989. The van der Waals surface area contributed by atoms with E-state index in [1.54, 1.807) is 37.4 Å².